The van der Waals surface area contributed by atoms with E-state index in [1.807, 2.05) is 0 Å². The highest BCUT2D eigenvalue weighted by Crippen LogP contribution is 1.96. The summed E-state index contributed by atoms with van der Waals surface area (Å²) >= 11 is 0. The van der Waals surface area contributed by atoms with Crippen LogP contribution in [0, 0.1) is 12.3 Å². The van der Waals surface area contributed by atoms with Crippen molar-refractivity contribution in [3.05, 3.63) is 12.2 Å². The molecule has 0 atom stereocenters. The molecule has 0 aromatic rings. The standard InChI is InChI=1S/C10H16/c1-3-5-7-9-10-8-6-4-2/h1,9-10H,4-8H2,2H3/b10-9-. The molecule has 0 heteroatoms. The summed E-state index contributed by atoms with van der Waals surface area (Å²) in [5.74, 6) is 2.61. The normalized spacial score (nSPS) is 10.0. The van der Waals surface area contributed by atoms with Crippen molar-refractivity contribution >= 4 is 0 Å². The predicted octanol–water partition coefficient (Wildman–Crippen LogP) is 3.15. The molecule has 0 fully saturated rings. The van der Waals surface area contributed by atoms with Gasteiger partial charge in [-0.05, 0) is 12.8 Å². The lowest BCUT2D eigenvalue weighted by Gasteiger charge is -1.87. The largest absolute Gasteiger partial charge is 0.120 e. The fourth-order valence-corrected chi connectivity index (χ4v) is 0.724. The zero-order chi connectivity index (χ0) is 7.66. The third-order valence-corrected chi connectivity index (χ3v) is 1.35. The highest BCUT2D eigenvalue weighted by atomic mass is 13.8. The van der Waals surface area contributed by atoms with Crippen LogP contribution in [0.15, 0.2) is 12.2 Å². The van der Waals surface area contributed by atoms with Crippen molar-refractivity contribution in [3.63, 3.8) is 0 Å². The summed E-state index contributed by atoms with van der Waals surface area (Å²) in [5.41, 5.74) is 0. The zero-order valence-electron chi connectivity index (χ0n) is 6.77. The van der Waals surface area contributed by atoms with Gasteiger partial charge in [0.1, 0.15) is 0 Å². The van der Waals surface area contributed by atoms with Crippen LogP contribution < -0.4 is 0 Å². The summed E-state index contributed by atoms with van der Waals surface area (Å²) in [6.07, 6.45) is 15.2. The Balaban J connectivity index is 2.98. The van der Waals surface area contributed by atoms with Crippen molar-refractivity contribution in [1.82, 2.24) is 0 Å². The van der Waals surface area contributed by atoms with Crippen molar-refractivity contribution in [2.45, 2.75) is 39.0 Å². The van der Waals surface area contributed by atoms with E-state index in [-0.39, 0.29) is 0 Å². The number of hydrogen-bond acceptors (Lipinski definition) is 0. The summed E-state index contributed by atoms with van der Waals surface area (Å²) in [6, 6.07) is 0. The highest BCUT2D eigenvalue weighted by molar-refractivity contribution is 4.90. The molecule has 0 aliphatic carbocycles. The van der Waals surface area contributed by atoms with Crippen molar-refractivity contribution in [1.29, 1.82) is 0 Å². The second kappa shape index (κ2) is 8.30. The summed E-state index contributed by atoms with van der Waals surface area (Å²) in [7, 11) is 0. The average molecular weight is 136 g/mol. The molecule has 0 aliphatic heterocycles. The van der Waals surface area contributed by atoms with Gasteiger partial charge in [0.25, 0.3) is 0 Å². The van der Waals surface area contributed by atoms with E-state index in [2.05, 4.69) is 25.0 Å². The third-order valence-electron chi connectivity index (χ3n) is 1.35. The van der Waals surface area contributed by atoms with Gasteiger partial charge in [-0.3, -0.25) is 0 Å². The molecule has 0 aliphatic rings. The van der Waals surface area contributed by atoms with E-state index in [9.17, 15) is 0 Å². The fourth-order valence-electron chi connectivity index (χ4n) is 0.724. The Bertz CT molecular complexity index is 114. The number of rotatable bonds is 5. The lowest BCUT2D eigenvalue weighted by molar-refractivity contribution is 0.812. The molecule has 10 heavy (non-hydrogen) atoms. The van der Waals surface area contributed by atoms with Crippen LogP contribution in [0.5, 0.6) is 0 Å². The molecule has 0 saturated heterocycles. The molecule has 0 amide bonds. The first kappa shape index (κ1) is 9.30. The SMILES string of the molecule is C#CCC/C=C\CCCC. The average Bonchev–Trinajstić information content (AvgIpc) is 1.97. The Morgan fingerprint density at radius 3 is 2.60 bits per heavy atom. The van der Waals surface area contributed by atoms with Crippen LogP contribution in [0.3, 0.4) is 0 Å². The van der Waals surface area contributed by atoms with Crippen LogP contribution in [-0.4, -0.2) is 0 Å². The highest BCUT2D eigenvalue weighted by Gasteiger charge is 1.77. The molecule has 0 saturated carbocycles. The van der Waals surface area contributed by atoms with Gasteiger partial charge in [0.15, 0.2) is 0 Å². The van der Waals surface area contributed by atoms with Crippen molar-refractivity contribution in [2.75, 3.05) is 0 Å². The van der Waals surface area contributed by atoms with E-state index in [4.69, 9.17) is 6.42 Å². The Morgan fingerprint density at radius 2 is 2.00 bits per heavy atom. The van der Waals surface area contributed by atoms with Crippen LogP contribution in [-0.2, 0) is 0 Å². The molecular weight excluding hydrogens is 120 g/mol. The molecule has 0 radical (unpaired) electrons. The van der Waals surface area contributed by atoms with Gasteiger partial charge in [0, 0.05) is 6.42 Å². The monoisotopic (exact) mass is 136 g/mol. The first-order valence-electron chi connectivity index (χ1n) is 4.00. The minimum atomic E-state index is 0.878. The molecular formula is C10H16. The van der Waals surface area contributed by atoms with E-state index in [1.54, 1.807) is 0 Å². The lowest BCUT2D eigenvalue weighted by Crippen LogP contribution is -1.67. The first-order valence-corrected chi connectivity index (χ1v) is 4.00. The molecule has 0 unspecified atom stereocenters. The van der Waals surface area contributed by atoms with Gasteiger partial charge in [-0.25, -0.2) is 0 Å². The van der Waals surface area contributed by atoms with Gasteiger partial charge < -0.3 is 0 Å². The lowest BCUT2D eigenvalue weighted by atomic mass is 10.2. The van der Waals surface area contributed by atoms with Gasteiger partial charge in [-0.1, -0.05) is 31.9 Å². The number of unbranched alkanes of at least 4 members (excludes halogenated alkanes) is 3. The second-order valence-corrected chi connectivity index (χ2v) is 2.36. The number of hydrogen-bond donors (Lipinski definition) is 0. The molecule has 0 bridgehead atoms. The molecule has 0 nitrogen and oxygen atoms in total. The molecule has 0 spiro atoms. The smallest absolute Gasteiger partial charge is 0.0121 e. The van der Waals surface area contributed by atoms with Gasteiger partial charge in [0.05, 0.1) is 0 Å². The third kappa shape index (κ3) is 7.30. The fraction of sp³-hybridized carbons (Fsp3) is 0.600. The summed E-state index contributed by atoms with van der Waals surface area (Å²) in [4.78, 5) is 0. The Labute approximate surface area is 64.3 Å². The summed E-state index contributed by atoms with van der Waals surface area (Å²) in [5, 5.41) is 0. The van der Waals surface area contributed by atoms with E-state index in [1.165, 1.54) is 19.3 Å². The molecule has 0 N–H and O–H groups in total. The van der Waals surface area contributed by atoms with Crippen LogP contribution in [0.1, 0.15) is 39.0 Å². The zero-order valence-corrected chi connectivity index (χ0v) is 6.77. The van der Waals surface area contributed by atoms with Gasteiger partial charge in [0.2, 0.25) is 0 Å². The number of terminal acetylenes is 1. The predicted molar refractivity (Wildman–Crippen MR) is 46.7 cm³/mol. The molecule has 0 aromatic carbocycles. The van der Waals surface area contributed by atoms with Crippen LogP contribution in [0.25, 0.3) is 0 Å². The molecule has 0 rings (SSSR count). The van der Waals surface area contributed by atoms with Crippen LogP contribution >= 0.6 is 0 Å². The minimum absolute atomic E-state index is 0.878. The van der Waals surface area contributed by atoms with Crippen molar-refractivity contribution in [3.8, 4) is 12.3 Å². The Hall–Kier alpha value is -0.700. The van der Waals surface area contributed by atoms with Crippen LogP contribution in [0.4, 0.5) is 0 Å². The van der Waals surface area contributed by atoms with E-state index < -0.39 is 0 Å². The minimum Gasteiger partial charge on any atom is -0.120 e. The Morgan fingerprint density at radius 1 is 1.30 bits per heavy atom. The van der Waals surface area contributed by atoms with E-state index in [0.29, 0.717) is 0 Å². The first-order chi connectivity index (χ1) is 4.91. The topological polar surface area (TPSA) is 0 Å². The molecule has 56 valence electrons. The van der Waals surface area contributed by atoms with Crippen LogP contribution in [0.2, 0.25) is 0 Å². The summed E-state index contributed by atoms with van der Waals surface area (Å²) < 4.78 is 0. The van der Waals surface area contributed by atoms with E-state index in [0.717, 1.165) is 12.8 Å². The second-order valence-electron chi connectivity index (χ2n) is 2.36. The van der Waals surface area contributed by atoms with E-state index >= 15 is 0 Å². The number of allylic oxidation sites excluding steroid dienone is 2. The Kier molecular flexibility index (Phi) is 7.72. The van der Waals surface area contributed by atoms with Gasteiger partial charge in [-0.2, -0.15) is 0 Å². The van der Waals surface area contributed by atoms with Crippen molar-refractivity contribution in [2.24, 2.45) is 0 Å². The maximum Gasteiger partial charge on any atom is 0.0121 e. The summed E-state index contributed by atoms with van der Waals surface area (Å²) in [6.45, 7) is 2.20. The van der Waals surface area contributed by atoms with Gasteiger partial charge >= 0.3 is 0 Å². The maximum atomic E-state index is 5.09. The quantitative estimate of drug-likeness (QED) is 0.309. The van der Waals surface area contributed by atoms with Gasteiger partial charge in [-0.15, -0.1) is 12.3 Å². The molecule has 0 heterocycles. The maximum absolute atomic E-state index is 5.09. The van der Waals surface area contributed by atoms with Crippen molar-refractivity contribution < 1.29 is 0 Å². The molecule has 0 aromatic heterocycles.